The molecule has 2 bridgehead atoms. The van der Waals surface area contributed by atoms with Crippen molar-refractivity contribution < 1.29 is 9.21 Å². The normalized spacial score (nSPS) is 26.7. The Bertz CT molecular complexity index is 1030. The molecule has 0 spiro atoms. The van der Waals surface area contributed by atoms with E-state index in [-0.39, 0.29) is 23.8 Å². The molecule has 1 fully saturated rings. The van der Waals surface area contributed by atoms with Gasteiger partial charge < -0.3 is 20.5 Å². The van der Waals surface area contributed by atoms with Gasteiger partial charge in [0.15, 0.2) is 5.65 Å². The van der Waals surface area contributed by atoms with Gasteiger partial charge in [-0.3, -0.25) is 4.79 Å². The fourth-order valence-electron chi connectivity index (χ4n) is 4.18. The maximum atomic E-state index is 12.0. The number of amides is 1. The largest absolute Gasteiger partial charge is 0.472 e. The molecule has 0 aromatic carbocycles. The van der Waals surface area contributed by atoms with Crippen LogP contribution in [0.15, 0.2) is 45.8 Å². The molecule has 0 saturated heterocycles. The standard InChI is InChI=1S/C18H16BrN5O2/c19-11-6-21-18-15(23-17(24-18)10-3-4-26-7-10)14(11)22-13-9-2-1-8(5-9)12(13)16(20)25/h1-4,6-9,12-13H,5H2,(H2,20,25)(H2,21,22,23,24)/t8-,9-,12+,13-/m1/s1. The van der Waals surface area contributed by atoms with E-state index in [1.165, 1.54) is 0 Å². The van der Waals surface area contributed by atoms with Gasteiger partial charge in [0.05, 0.1) is 27.9 Å². The van der Waals surface area contributed by atoms with E-state index < -0.39 is 0 Å². The number of rotatable bonds is 4. The molecule has 0 radical (unpaired) electrons. The molecular formula is C18H16BrN5O2. The van der Waals surface area contributed by atoms with Gasteiger partial charge in [0.25, 0.3) is 0 Å². The Morgan fingerprint density at radius 1 is 1.38 bits per heavy atom. The molecule has 8 heteroatoms. The molecule has 0 aliphatic heterocycles. The number of primary amides is 1. The number of fused-ring (bicyclic) bond motifs is 3. The lowest BCUT2D eigenvalue weighted by Crippen LogP contribution is -2.41. The highest BCUT2D eigenvalue weighted by atomic mass is 79.9. The number of carbonyl (C=O) groups excluding carboxylic acids is 1. The zero-order valence-electron chi connectivity index (χ0n) is 13.6. The number of allylic oxidation sites excluding steroid dienone is 1. The molecule has 132 valence electrons. The summed E-state index contributed by atoms with van der Waals surface area (Å²) in [5.41, 5.74) is 8.75. The van der Waals surface area contributed by atoms with E-state index in [1.807, 2.05) is 6.07 Å². The minimum absolute atomic E-state index is 0.0370. The molecule has 3 heterocycles. The lowest BCUT2D eigenvalue weighted by molar-refractivity contribution is -0.122. The summed E-state index contributed by atoms with van der Waals surface area (Å²) >= 11 is 3.57. The molecule has 4 atom stereocenters. The molecule has 7 nitrogen and oxygen atoms in total. The Morgan fingerprint density at radius 2 is 2.23 bits per heavy atom. The van der Waals surface area contributed by atoms with E-state index in [4.69, 9.17) is 10.2 Å². The average Bonchev–Trinajstić information content (AvgIpc) is 3.39. The smallest absolute Gasteiger partial charge is 0.223 e. The number of aromatic nitrogens is 3. The summed E-state index contributed by atoms with van der Waals surface area (Å²) in [6, 6.07) is 1.80. The zero-order valence-corrected chi connectivity index (χ0v) is 15.2. The predicted molar refractivity (Wildman–Crippen MR) is 100 cm³/mol. The summed E-state index contributed by atoms with van der Waals surface area (Å²) in [7, 11) is 0. The van der Waals surface area contributed by atoms with Crippen molar-refractivity contribution in [3.63, 3.8) is 0 Å². The second kappa shape index (κ2) is 5.70. The number of pyridine rings is 1. The summed E-state index contributed by atoms with van der Waals surface area (Å²) in [5, 5.41) is 3.54. The van der Waals surface area contributed by atoms with Crippen LogP contribution in [0.1, 0.15) is 6.42 Å². The van der Waals surface area contributed by atoms with Crippen LogP contribution in [0.4, 0.5) is 5.69 Å². The Morgan fingerprint density at radius 3 is 3.00 bits per heavy atom. The van der Waals surface area contributed by atoms with Gasteiger partial charge in [-0.2, -0.15) is 0 Å². The number of hydrogen-bond acceptors (Lipinski definition) is 5. The van der Waals surface area contributed by atoms with Crippen LogP contribution in [0.2, 0.25) is 0 Å². The third-order valence-electron chi connectivity index (χ3n) is 5.37. The Labute approximate surface area is 157 Å². The third-order valence-corrected chi connectivity index (χ3v) is 5.97. The molecule has 4 N–H and O–H groups in total. The van der Waals surface area contributed by atoms with E-state index in [0.29, 0.717) is 17.4 Å². The van der Waals surface area contributed by atoms with Crippen molar-refractivity contribution in [2.24, 2.45) is 23.5 Å². The molecular weight excluding hydrogens is 398 g/mol. The summed E-state index contributed by atoms with van der Waals surface area (Å²) in [6.07, 6.45) is 10.2. The highest BCUT2D eigenvalue weighted by Gasteiger charge is 2.47. The zero-order chi connectivity index (χ0) is 17.8. The van der Waals surface area contributed by atoms with E-state index in [9.17, 15) is 4.79 Å². The van der Waals surface area contributed by atoms with E-state index in [2.05, 4.69) is 48.4 Å². The molecule has 3 aromatic heterocycles. The van der Waals surface area contributed by atoms with Gasteiger partial charge in [-0.15, -0.1) is 0 Å². The molecule has 5 rings (SSSR count). The average molecular weight is 414 g/mol. The molecule has 3 aromatic rings. The van der Waals surface area contributed by atoms with Crippen LogP contribution in [0.5, 0.6) is 0 Å². The van der Waals surface area contributed by atoms with Crippen molar-refractivity contribution in [3.8, 4) is 11.4 Å². The number of hydrogen-bond donors (Lipinski definition) is 3. The topological polar surface area (TPSA) is 110 Å². The second-order valence-electron chi connectivity index (χ2n) is 6.82. The van der Waals surface area contributed by atoms with Crippen LogP contribution in [0, 0.1) is 17.8 Å². The van der Waals surface area contributed by atoms with Crippen LogP contribution in [0.25, 0.3) is 22.6 Å². The number of carbonyl (C=O) groups is 1. The first-order valence-corrected chi connectivity index (χ1v) is 9.22. The third kappa shape index (κ3) is 2.28. The molecule has 2 aliphatic carbocycles. The van der Waals surface area contributed by atoms with E-state index in [0.717, 1.165) is 27.7 Å². The summed E-state index contributed by atoms with van der Waals surface area (Å²) in [5.74, 6) is 0.723. The van der Waals surface area contributed by atoms with Gasteiger partial charge in [0.2, 0.25) is 5.91 Å². The first-order chi connectivity index (χ1) is 12.6. The highest BCUT2D eigenvalue weighted by molar-refractivity contribution is 9.10. The number of halogens is 1. The molecule has 1 saturated carbocycles. The SMILES string of the molecule is NC(=O)[C@@H]1[C@H](Nc2c(Br)cnc3nc(-c4ccoc4)[nH]c23)[C@@H]2C=C[C@@H]1C2. The van der Waals surface area contributed by atoms with Crippen molar-refractivity contribution in [1.29, 1.82) is 0 Å². The van der Waals surface area contributed by atoms with Crippen LogP contribution < -0.4 is 11.1 Å². The van der Waals surface area contributed by atoms with Gasteiger partial charge >= 0.3 is 0 Å². The fourth-order valence-corrected chi connectivity index (χ4v) is 4.60. The van der Waals surface area contributed by atoms with Gasteiger partial charge in [-0.1, -0.05) is 12.2 Å². The summed E-state index contributed by atoms with van der Waals surface area (Å²) < 4.78 is 5.94. The van der Waals surface area contributed by atoms with Crippen molar-refractivity contribution in [2.45, 2.75) is 12.5 Å². The predicted octanol–water partition coefficient (Wildman–Crippen LogP) is 3.07. The monoisotopic (exact) mass is 413 g/mol. The minimum Gasteiger partial charge on any atom is -0.472 e. The fraction of sp³-hybridized carbons (Fsp3) is 0.278. The van der Waals surface area contributed by atoms with Crippen molar-refractivity contribution in [2.75, 3.05) is 5.32 Å². The lowest BCUT2D eigenvalue weighted by Gasteiger charge is -2.28. The number of imidazole rings is 1. The second-order valence-corrected chi connectivity index (χ2v) is 7.68. The number of nitrogens with two attached hydrogens (primary N) is 1. The maximum absolute atomic E-state index is 12.0. The lowest BCUT2D eigenvalue weighted by atomic mass is 9.88. The number of nitrogens with one attached hydrogen (secondary N) is 2. The first kappa shape index (κ1) is 15.6. The highest BCUT2D eigenvalue weighted by Crippen LogP contribution is 2.46. The molecule has 26 heavy (non-hydrogen) atoms. The first-order valence-electron chi connectivity index (χ1n) is 8.43. The van der Waals surface area contributed by atoms with Gasteiger partial charge in [0, 0.05) is 12.2 Å². The summed E-state index contributed by atoms with van der Waals surface area (Å²) in [4.78, 5) is 24.2. The van der Waals surface area contributed by atoms with Gasteiger partial charge in [0.1, 0.15) is 17.6 Å². The van der Waals surface area contributed by atoms with E-state index in [1.54, 1.807) is 18.7 Å². The van der Waals surface area contributed by atoms with Crippen LogP contribution in [0.3, 0.4) is 0 Å². The van der Waals surface area contributed by atoms with Gasteiger partial charge in [-0.05, 0) is 40.3 Å². The van der Waals surface area contributed by atoms with Crippen LogP contribution in [-0.2, 0) is 4.79 Å². The Hall–Kier alpha value is -2.61. The number of nitrogens with zero attached hydrogens (tertiary/aromatic N) is 2. The summed E-state index contributed by atoms with van der Waals surface area (Å²) in [6.45, 7) is 0. The molecule has 0 unspecified atom stereocenters. The number of H-pyrrole nitrogens is 1. The molecule has 1 amide bonds. The minimum atomic E-state index is -0.260. The number of anilines is 1. The maximum Gasteiger partial charge on any atom is 0.223 e. The van der Waals surface area contributed by atoms with Crippen molar-refractivity contribution >= 4 is 38.7 Å². The van der Waals surface area contributed by atoms with E-state index >= 15 is 0 Å². The number of aromatic amines is 1. The van der Waals surface area contributed by atoms with Gasteiger partial charge in [-0.25, -0.2) is 9.97 Å². The Kier molecular flexibility index (Phi) is 3.43. The Balaban J connectivity index is 1.57. The van der Waals surface area contributed by atoms with Crippen LogP contribution >= 0.6 is 15.9 Å². The number of furan rings is 1. The molecule has 2 aliphatic rings. The quantitative estimate of drug-likeness (QED) is 0.569. The van der Waals surface area contributed by atoms with Crippen molar-refractivity contribution in [3.05, 3.63) is 41.4 Å². The van der Waals surface area contributed by atoms with Crippen LogP contribution in [-0.4, -0.2) is 26.9 Å². The van der Waals surface area contributed by atoms with Crippen molar-refractivity contribution in [1.82, 2.24) is 15.0 Å².